The Morgan fingerprint density at radius 2 is 1.80 bits per heavy atom. The van der Waals surface area contributed by atoms with Crippen LogP contribution in [-0.4, -0.2) is 0 Å². The van der Waals surface area contributed by atoms with Crippen LogP contribution in [0.2, 0.25) is 0 Å². The van der Waals surface area contributed by atoms with E-state index in [1.54, 1.807) is 0 Å². The van der Waals surface area contributed by atoms with E-state index in [2.05, 4.69) is 20.8 Å². The second-order valence-corrected chi connectivity index (χ2v) is 5.11. The molecule has 0 atom stereocenters. The summed E-state index contributed by atoms with van der Waals surface area (Å²) in [5.41, 5.74) is 16.1. The van der Waals surface area contributed by atoms with Gasteiger partial charge in [0.25, 0.3) is 0 Å². The lowest BCUT2D eigenvalue weighted by Gasteiger charge is -2.24. The molecule has 0 saturated carbocycles. The van der Waals surface area contributed by atoms with Crippen molar-refractivity contribution < 1.29 is 0 Å². The average Bonchev–Trinajstić information content (AvgIpc) is 2.13. The predicted molar refractivity (Wildman–Crippen MR) is 67.8 cm³/mol. The van der Waals surface area contributed by atoms with Crippen molar-refractivity contribution in [2.45, 2.75) is 40.5 Å². The highest BCUT2D eigenvalue weighted by Gasteiger charge is 2.18. The van der Waals surface area contributed by atoms with Gasteiger partial charge in [-0.25, -0.2) is 0 Å². The molecule has 1 aromatic carbocycles. The van der Waals surface area contributed by atoms with Gasteiger partial charge in [-0.05, 0) is 42.0 Å². The zero-order valence-electron chi connectivity index (χ0n) is 10.2. The van der Waals surface area contributed by atoms with Crippen LogP contribution in [0.1, 0.15) is 38.3 Å². The minimum Gasteiger partial charge on any atom is -0.399 e. The van der Waals surface area contributed by atoms with Crippen LogP contribution in [0.4, 0.5) is 11.4 Å². The van der Waals surface area contributed by atoms with Gasteiger partial charge < -0.3 is 11.5 Å². The summed E-state index contributed by atoms with van der Waals surface area (Å²) in [7, 11) is 0. The molecule has 84 valence electrons. The van der Waals surface area contributed by atoms with E-state index < -0.39 is 0 Å². The van der Waals surface area contributed by atoms with Gasteiger partial charge in [-0.3, -0.25) is 0 Å². The summed E-state index contributed by atoms with van der Waals surface area (Å²) < 4.78 is 0. The summed E-state index contributed by atoms with van der Waals surface area (Å²) in [6.45, 7) is 8.72. The highest BCUT2D eigenvalue weighted by Crippen LogP contribution is 2.30. The lowest BCUT2D eigenvalue weighted by Crippen LogP contribution is -2.15. The van der Waals surface area contributed by atoms with Gasteiger partial charge in [0.15, 0.2) is 0 Å². The van der Waals surface area contributed by atoms with E-state index in [4.69, 9.17) is 11.5 Å². The van der Waals surface area contributed by atoms with E-state index in [0.717, 1.165) is 29.8 Å². The summed E-state index contributed by atoms with van der Waals surface area (Å²) in [4.78, 5) is 0. The maximum absolute atomic E-state index is 6.06. The van der Waals surface area contributed by atoms with Crippen LogP contribution in [0.3, 0.4) is 0 Å². The van der Waals surface area contributed by atoms with Gasteiger partial charge in [0.2, 0.25) is 0 Å². The number of aryl methyl sites for hydroxylation is 1. The van der Waals surface area contributed by atoms with Crippen molar-refractivity contribution in [2.24, 2.45) is 5.41 Å². The van der Waals surface area contributed by atoms with Gasteiger partial charge in [-0.2, -0.15) is 0 Å². The Labute approximate surface area is 92.7 Å². The summed E-state index contributed by atoms with van der Waals surface area (Å²) in [6.07, 6.45) is 2.13. The maximum Gasteiger partial charge on any atom is 0.0378 e. The highest BCUT2D eigenvalue weighted by molar-refractivity contribution is 5.60. The standard InChI is InChI=1S/C13H22N2/c1-5-13(3,4)8-10-7-11(14)6-9(2)12(10)15/h6-7H,5,8,14-15H2,1-4H3. The number of nitrogens with two attached hydrogens (primary N) is 2. The lowest BCUT2D eigenvalue weighted by atomic mass is 9.82. The first-order chi connectivity index (χ1) is 6.85. The highest BCUT2D eigenvalue weighted by atomic mass is 14.6. The van der Waals surface area contributed by atoms with Crippen molar-refractivity contribution in [1.29, 1.82) is 0 Å². The molecule has 4 N–H and O–H groups in total. The minimum atomic E-state index is 0.286. The molecule has 0 aliphatic rings. The smallest absolute Gasteiger partial charge is 0.0378 e. The Morgan fingerprint density at radius 3 is 2.33 bits per heavy atom. The van der Waals surface area contributed by atoms with Crippen LogP contribution in [0, 0.1) is 12.3 Å². The van der Waals surface area contributed by atoms with E-state index in [0.29, 0.717) is 0 Å². The number of nitrogen functional groups attached to an aromatic ring is 2. The number of benzene rings is 1. The summed E-state index contributed by atoms with van der Waals surface area (Å²) in [5.74, 6) is 0. The molecule has 1 aromatic rings. The quantitative estimate of drug-likeness (QED) is 0.746. The van der Waals surface area contributed by atoms with Crippen molar-refractivity contribution in [3.8, 4) is 0 Å². The molecule has 0 aliphatic heterocycles. The van der Waals surface area contributed by atoms with Gasteiger partial charge in [-0.15, -0.1) is 0 Å². The molecule has 2 nitrogen and oxygen atoms in total. The van der Waals surface area contributed by atoms with Gasteiger partial charge in [-0.1, -0.05) is 27.2 Å². The molecule has 0 spiro atoms. The molecule has 1 rings (SSSR count). The van der Waals surface area contributed by atoms with Crippen molar-refractivity contribution in [1.82, 2.24) is 0 Å². The van der Waals surface area contributed by atoms with E-state index in [9.17, 15) is 0 Å². The Morgan fingerprint density at radius 1 is 1.20 bits per heavy atom. The Kier molecular flexibility index (Phi) is 3.28. The number of rotatable bonds is 3. The molecule has 0 aromatic heterocycles. The molecule has 0 unspecified atom stereocenters. The van der Waals surface area contributed by atoms with E-state index in [1.165, 1.54) is 5.56 Å². The molecule has 0 amide bonds. The molecule has 0 radical (unpaired) electrons. The summed E-state index contributed by atoms with van der Waals surface area (Å²) in [6, 6.07) is 3.93. The first-order valence-electron chi connectivity index (χ1n) is 5.50. The zero-order valence-corrected chi connectivity index (χ0v) is 10.2. The average molecular weight is 206 g/mol. The van der Waals surface area contributed by atoms with Crippen molar-refractivity contribution in [3.05, 3.63) is 23.3 Å². The Hall–Kier alpha value is -1.18. The van der Waals surface area contributed by atoms with Gasteiger partial charge in [0.05, 0.1) is 0 Å². The largest absolute Gasteiger partial charge is 0.399 e. The molecule has 0 aliphatic carbocycles. The van der Waals surface area contributed by atoms with E-state index >= 15 is 0 Å². The van der Waals surface area contributed by atoms with Gasteiger partial charge in [0, 0.05) is 11.4 Å². The monoisotopic (exact) mass is 206 g/mol. The molecule has 2 heteroatoms. The molecule has 0 fully saturated rings. The van der Waals surface area contributed by atoms with Crippen LogP contribution in [0.5, 0.6) is 0 Å². The summed E-state index contributed by atoms with van der Waals surface area (Å²) >= 11 is 0. The fourth-order valence-electron chi connectivity index (χ4n) is 1.69. The SMILES string of the molecule is CCC(C)(C)Cc1cc(N)cc(C)c1N. The first-order valence-corrected chi connectivity index (χ1v) is 5.50. The van der Waals surface area contributed by atoms with E-state index in [1.807, 2.05) is 19.1 Å². The third-order valence-electron chi connectivity index (χ3n) is 3.12. The second kappa shape index (κ2) is 4.13. The topological polar surface area (TPSA) is 52.0 Å². The normalized spacial score (nSPS) is 11.7. The molecule has 0 saturated heterocycles. The second-order valence-electron chi connectivity index (χ2n) is 5.11. The molecule has 0 bridgehead atoms. The van der Waals surface area contributed by atoms with Crippen LogP contribution < -0.4 is 11.5 Å². The van der Waals surface area contributed by atoms with Crippen molar-refractivity contribution in [3.63, 3.8) is 0 Å². The van der Waals surface area contributed by atoms with Gasteiger partial charge >= 0.3 is 0 Å². The fourth-order valence-corrected chi connectivity index (χ4v) is 1.69. The van der Waals surface area contributed by atoms with Crippen LogP contribution in [-0.2, 0) is 6.42 Å². The summed E-state index contributed by atoms with van der Waals surface area (Å²) in [5, 5.41) is 0. The number of hydrogen-bond acceptors (Lipinski definition) is 2. The Bertz CT molecular complexity index is 354. The number of hydrogen-bond donors (Lipinski definition) is 2. The zero-order chi connectivity index (χ0) is 11.6. The van der Waals surface area contributed by atoms with Crippen LogP contribution >= 0.6 is 0 Å². The van der Waals surface area contributed by atoms with Crippen LogP contribution in [0.25, 0.3) is 0 Å². The third kappa shape index (κ3) is 2.88. The number of anilines is 2. The lowest BCUT2D eigenvalue weighted by molar-refractivity contribution is 0.350. The molecule has 0 heterocycles. The maximum atomic E-state index is 6.06. The molecule has 15 heavy (non-hydrogen) atoms. The molecular weight excluding hydrogens is 184 g/mol. The van der Waals surface area contributed by atoms with E-state index in [-0.39, 0.29) is 5.41 Å². The van der Waals surface area contributed by atoms with Crippen molar-refractivity contribution in [2.75, 3.05) is 11.5 Å². The predicted octanol–water partition coefficient (Wildman–Crippen LogP) is 3.14. The van der Waals surface area contributed by atoms with Gasteiger partial charge in [0.1, 0.15) is 0 Å². The van der Waals surface area contributed by atoms with Crippen molar-refractivity contribution >= 4 is 11.4 Å². The third-order valence-corrected chi connectivity index (χ3v) is 3.12. The van der Waals surface area contributed by atoms with Crippen LogP contribution in [0.15, 0.2) is 12.1 Å². The molecular formula is C13H22N2. The Balaban J connectivity index is 3.05. The first kappa shape index (κ1) is 11.9. The minimum absolute atomic E-state index is 0.286. The fraction of sp³-hybridized carbons (Fsp3) is 0.538.